The molecule has 0 saturated heterocycles. The lowest BCUT2D eigenvalue weighted by Gasteiger charge is -2.12. The number of ether oxygens (including phenoxy) is 1. The van der Waals surface area contributed by atoms with Crippen LogP contribution in [0, 0.1) is 13.8 Å². The first-order valence-corrected chi connectivity index (χ1v) is 8.97. The molecule has 0 aliphatic rings. The molecule has 0 bridgehead atoms. The Kier molecular flexibility index (Phi) is 7.76. The van der Waals surface area contributed by atoms with Crippen molar-refractivity contribution < 1.29 is 14.3 Å². The Morgan fingerprint density at radius 3 is 2.30 bits per heavy atom. The molecule has 2 amide bonds. The van der Waals surface area contributed by atoms with Crippen molar-refractivity contribution in [2.24, 2.45) is 0 Å². The van der Waals surface area contributed by atoms with Crippen LogP contribution in [0.25, 0.3) is 0 Å². The molecule has 0 aliphatic heterocycles. The highest BCUT2D eigenvalue weighted by molar-refractivity contribution is 7.80. The minimum atomic E-state index is -0.407. The molecule has 0 aromatic heterocycles. The van der Waals surface area contributed by atoms with E-state index in [9.17, 15) is 9.59 Å². The van der Waals surface area contributed by atoms with Crippen LogP contribution in [0.4, 0.5) is 0 Å². The Hall–Kier alpha value is -2.93. The Labute approximate surface area is 164 Å². The fourth-order valence-corrected chi connectivity index (χ4v) is 2.62. The summed E-state index contributed by atoms with van der Waals surface area (Å²) >= 11 is 4.99. The van der Waals surface area contributed by atoms with E-state index in [4.69, 9.17) is 17.0 Å². The Balaban J connectivity index is 1.65. The zero-order valence-corrected chi connectivity index (χ0v) is 16.2. The second-order valence-electron chi connectivity index (χ2n) is 6.15. The summed E-state index contributed by atoms with van der Waals surface area (Å²) in [6.45, 7) is 3.75. The predicted molar refractivity (Wildman–Crippen MR) is 108 cm³/mol. The first-order valence-electron chi connectivity index (χ1n) is 8.56. The van der Waals surface area contributed by atoms with Crippen molar-refractivity contribution in [3.8, 4) is 5.75 Å². The first-order chi connectivity index (χ1) is 12.9. The fourth-order valence-electron chi connectivity index (χ4n) is 2.45. The number of amides is 2. The van der Waals surface area contributed by atoms with Gasteiger partial charge >= 0.3 is 0 Å². The van der Waals surface area contributed by atoms with Gasteiger partial charge in [0, 0.05) is 6.42 Å². The van der Waals surface area contributed by atoms with Crippen molar-refractivity contribution in [3.05, 3.63) is 65.2 Å². The lowest BCUT2D eigenvalue weighted by atomic mass is 10.1. The zero-order valence-electron chi connectivity index (χ0n) is 15.4. The van der Waals surface area contributed by atoms with Crippen molar-refractivity contribution in [2.45, 2.75) is 26.7 Å². The molecule has 3 N–H and O–H groups in total. The van der Waals surface area contributed by atoms with Gasteiger partial charge in [-0.3, -0.25) is 20.4 Å². The van der Waals surface area contributed by atoms with Crippen LogP contribution in [0.2, 0.25) is 0 Å². The number of hydrogen-bond acceptors (Lipinski definition) is 4. The van der Waals surface area contributed by atoms with Crippen LogP contribution in [0.3, 0.4) is 0 Å². The van der Waals surface area contributed by atoms with Crippen LogP contribution in [0.15, 0.2) is 48.5 Å². The zero-order chi connectivity index (χ0) is 19.6. The van der Waals surface area contributed by atoms with Gasteiger partial charge in [-0.15, -0.1) is 0 Å². The summed E-state index contributed by atoms with van der Waals surface area (Å²) in [5, 5.41) is 2.56. The number of aryl methyl sites for hydroxylation is 3. The van der Waals surface area contributed by atoms with Crippen molar-refractivity contribution in [2.75, 3.05) is 6.61 Å². The molecule has 0 atom stereocenters. The van der Waals surface area contributed by atoms with E-state index in [0.717, 1.165) is 16.7 Å². The van der Waals surface area contributed by atoms with E-state index in [0.29, 0.717) is 18.6 Å². The van der Waals surface area contributed by atoms with Gasteiger partial charge in [0.15, 0.2) is 11.7 Å². The summed E-state index contributed by atoms with van der Waals surface area (Å²) in [6, 6.07) is 15.4. The normalized spacial score (nSPS) is 10.0. The van der Waals surface area contributed by atoms with Crippen LogP contribution in [-0.4, -0.2) is 23.5 Å². The fraction of sp³-hybridized carbons (Fsp3) is 0.250. The number of carbonyl (C=O) groups excluding carboxylic acids is 2. The maximum Gasteiger partial charge on any atom is 0.276 e. The highest BCUT2D eigenvalue weighted by atomic mass is 32.1. The number of carbonyl (C=O) groups is 2. The van der Waals surface area contributed by atoms with Crippen molar-refractivity contribution in [3.63, 3.8) is 0 Å². The smallest absolute Gasteiger partial charge is 0.276 e. The largest absolute Gasteiger partial charge is 0.484 e. The molecule has 0 aliphatic carbocycles. The molecule has 0 heterocycles. The number of hydrogen-bond donors (Lipinski definition) is 3. The Morgan fingerprint density at radius 1 is 0.963 bits per heavy atom. The maximum absolute atomic E-state index is 11.9. The molecule has 142 valence electrons. The molecule has 6 nitrogen and oxygen atoms in total. The van der Waals surface area contributed by atoms with E-state index in [-0.39, 0.29) is 17.6 Å². The minimum absolute atomic E-state index is 0.0350. The highest BCUT2D eigenvalue weighted by Crippen LogP contribution is 2.15. The lowest BCUT2D eigenvalue weighted by Crippen LogP contribution is -2.49. The lowest BCUT2D eigenvalue weighted by molar-refractivity contribution is -0.124. The standard InChI is InChI=1S/C20H23N3O3S/c1-14-10-15(2)12-17(11-14)26-13-19(25)22-23-20(27)21-18(24)9-8-16-6-4-3-5-7-16/h3-7,10-12H,8-9,13H2,1-2H3,(H,22,25)(H2,21,23,24,27). The monoisotopic (exact) mass is 385 g/mol. The third-order valence-electron chi connectivity index (χ3n) is 3.62. The average Bonchev–Trinajstić information content (AvgIpc) is 2.63. The Morgan fingerprint density at radius 2 is 1.63 bits per heavy atom. The molecule has 0 spiro atoms. The van der Waals surface area contributed by atoms with Gasteiger partial charge in [-0.1, -0.05) is 36.4 Å². The van der Waals surface area contributed by atoms with Gasteiger partial charge in [-0.05, 0) is 61.3 Å². The topological polar surface area (TPSA) is 79.5 Å². The van der Waals surface area contributed by atoms with E-state index in [1.807, 2.05) is 62.4 Å². The summed E-state index contributed by atoms with van der Waals surface area (Å²) < 4.78 is 5.45. The molecule has 0 radical (unpaired) electrons. The van der Waals surface area contributed by atoms with Gasteiger partial charge in [0.25, 0.3) is 5.91 Å². The van der Waals surface area contributed by atoms with Gasteiger partial charge in [0.05, 0.1) is 0 Å². The second-order valence-corrected chi connectivity index (χ2v) is 6.56. The van der Waals surface area contributed by atoms with E-state index >= 15 is 0 Å². The third-order valence-corrected chi connectivity index (χ3v) is 3.82. The SMILES string of the molecule is Cc1cc(C)cc(OCC(=O)NNC(=S)NC(=O)CCc2ccccc2)c1. The van der Waals surface area contributed by atoms with E-state index in [1.54, 1.807) is 0 Å². The first kappa shape index (κ1) is 20.4. The molecule has 0 fully saturated rings. The summed E-state index contributed by atoms with van der Waals surface area (Å²) in [5.74, 6) is -0.00780. The van der Waals surface area contributed by atoms with Crippen molar-refractivity contribution in [1.29, 1.82) is 0 Å². The van der Waals surface area contributed by atoms with Gasteiger partial charge in [-0.2, -0.15) is 0 Å². The van der Waals surface area contributed by atoms with E-state index < -0.39 is 5.91 Å². The Bertz CT molecular complexity index is 789. The molecular weight excluding hydrogens is 362 g/mol. The molecule has 0 unspecified atom stereocenters. The van der Waals surface area contributed by atoms with Gasteiger partial charge in [0.2, 0.25) is 5.91 Å². The predicted octanol–water partition coefficient (Wildman–Crippen LogP) is 2.34. The molecule has 0 saturated carbocycles. The summed E-state index contributed by atoms with van der Waals surface area (Å²) in [5.41, 5.74) is 8.07. The number of nitrogens with one attached hydrogen (secondary N) is 3. The van der Waals surface area contributed by atoms with Crippen LogP contribution < -0.4 is 20.9 Å². The molecule has 2 aromatic rings. The maximum atomic E-state index is 11.9. The number of rotatable bonds is 6. The third kappa shape index (κ3) is 7.87. The van der Waals surface area contributed by atoms with Crippen LogP contribution in [0.1, 0.15) is 23.1 Å². The summed E-state index contributed by atoms with van der Waals surface area (Å²) in [7, 11) is 0. The molecule has 2 rings (SSSR count). The van der Waals surface area contributed by atoms with E-state index in [2.05, 4.69) is 16.2 Å². The minimum Gasteiger partial charge on any atom is -0.484 e. The second kappa shape index (κ2) is 10.3. The number of thiocarbonyl (C=S) groups is 1. The van der Waals surface area contributed by atoms with Crippen molar-refractivity contribution in [1.82, 2.24) is 16.2 Å². The van der Waals surface area contributed by atoms with Crippen molar-refractivity contribution >= 4 is 29.1 Å². The molecule has 2 aromatic carbocycles. The number of hydrazine groups is 1. The van der Waals surface area contributed by atoms with E-state index in [1.165, 1.54) is 0 Å². The number of benzene rings is 2. The molecule has 27 heavy (non-hydrogen) atoms. The van der Waals surface area contributed by atoms with Crippen LogP contribution in [0.5, 0.6) is 5.75 Å². The van der Waals surface area contributed by atoms with Gasteiger partial charge < -0.3 is 10.1 Å². The van der Waals surface area contributed by atoms with Gasteiger partial charge in [-0.25, -0.2) is 0 Å². The van der Waals surface area contributed by atoms with Gasteiger partial charge in [0.1, 0.15) is 5.75 Å². The van der Waals surface area contributed by atoms with Crippen LogP contribution in [-0.2, 0) is 16.0 Å². The molecular formula is C20H23N3O3S. The highest BCUT2D eigenvalue weighted by Gasteiger charge is 2.07. The summed E-state index contributed by atoms with van der Waals surface area (Å²) in [6.07, 6.45) is 0.918. The average molecular weight is 385 g/mol. The summed E-state index contributed by atoms with van der Waals surface area (Å²) in [4.78, 5) is 23.7. The quantitative estimate of drug-likeness (QED) is 0.525. The molecule has 7 heteroatoms. The van der Waals surface area contributed by atoms with Crippen LogP contribution >= 0.6 is 12.2 Å².